The summed E-state index contributed by atoms with van der Waals surface area (Å²) >= 11 is 3.26. The minimum absolute atomic E-state index is 0.0536. The Morgan fingerprint density at radius 2 is 2.00 bits per heavy atom. The molecule has 0 saturated carbocycles. The maximum absolute atomic E-state index is 12.7. The molecule has 0 saturated heterocycles. The van der Waals surface area contributed by atoms with Crippen molar-refractivity contribution < 1.29 is 13.9 Å². The van der Waals surface area contributed by atoms with Crippen molar-refractivity contribution in [3.05, 3.63) is 35.6 Å². The summed E-state index contributed by atoms with van der Waals surface area (Å²) in [6, 6.07) is 5.95. The Balaban J connectivity index is 2.12. The zero-order chi connectivity index (χ0) is 13.2. The fraction of sp³-hybridized carbons (Fsp3) is 0.462. The van der Waals surface area contributed by atoms with Crippen LogP contribution in [0.4, 0.5) is 4.39 Å². The van der Waals surface area contributed by atoms with Gasteiger partial charge in [0.1, 0.15) is 5.82 Å². The molecule has 18 heavy (non-hydrogen) atoms. The van der Waals surface area contributed by atoms with Gasteiger partial charge in [0.25, 0.3) is 0 Å². The van der Waals surface area contributed by atoms with Gasteiger partial charge < -0.3 is 10.1 Å². The van der Waals surface area contributed by atoms with Crippen LogP contribution in [-0.4, -0.2) is 31.0 Å². The topological polar surface area (TPSA) is 38.3 Å². The van der Waals surface area contributed by atoms with E-state index in [2.05, 4.69) is 21.2 Å². The van der Waals surface area contributed by atoms with Crippen LogP contribution in [0.2, 0.25) is 0 Å². The second-order valence-electron chi connectivity index (χ2n) is 3.81. The molecule has 100 valence electrons. The highest BCUT2D eigenvalue weighted by Crippen LogP contribution is 2.03. The quantitative estimate of drug-likeness (QED) is 0.590. The molecular weight excluding hydrogens is 301 g/mol. The Morgan fingerprint density at radius 3 is 2.67 bits per heavy atom. The third kappa shape index (κ3) is 6.71. The lowest BCUT2D eigenvalue weighted by atomic mass is 10.1. The van der Waals surface area contributed by atoms with Crippen molar-refractivity contribution in [3.8, 4) is 0 Å². The second-order valence-corrected chi connectivity index (χ2v) is 4.60. The predicted octanol–water partition coefficient (Wildman–Crippen LogP) is 2.29. The Bertz CT molecular complexity index is 357. The van der Waals surface area contributed by atoms with E-state index in [0.717, 1.165) is 17.3 Å². The van der Waals surface area contributed by atoms with Crippen molar-refractivity contribution in [2.24, 2.45) is 0 Å². The van der Waals surface area contributed by atoms with E-state index < -0.39 is 0 Å². The summed E-state index contributed by atoms with van der Waals surface area (Å²) in [7, 11) is 0. The summed E-state index contributed by atoms with van der Waals surface area (Å²) in [5, 5.41) is 3.62. The zero-order valence-corrected chi connectivity index (χ0v) is 11.7. The molecule has 0 unspecified atom stereocenters. The van der Waals surface area contributed by atoms with Crippen molar-refractivity contribution in [1.82, 2.24) is 5.32 Å². The minimum Gasteiger partial charge on any atom is -0.381 e. The molecule has 0 radical (unpaired) electrons. The number of nitrogens with one attached hydrogen (secondary N) is 1. The highest BCUT2D eigenvalue weighted by molar-refractivity contribution is 9.09. The van der Waals surface area contributed by atoms with Crippen molar-refractivity contribution in [3.63, 3.8) is 0 Å². The van der Waals surface area contributed by atoms with Crippen LogP contribution in [0, 0.1) is 5.82 Å². The summed E-state index contributed by atoms with van der Waals surface area (Å²) in [6.07, 6.45) is 1.07. The fourth-order valence-electron chi connectivity index (χ4n) is 1.41. The van der Waals surface area contributed by atoms with E-state index in [1.807, 2.05) is 0 Å². The van der Waals surface area contributed by atoms with Gasteiger partial charge in [0.05, 0.1) is 13.0 Å². The van der Waals surface area contributed by atoms with Gasteiger partial charge in [-0.3, -0.25) is 4.79 Å². The van der Waals surface area contributed by atoms with Gasteiger partial charge in [0, 0.05) is 18.5 Å². The molecule has 5 heteroatoms. The minimum atomic E-state index is -0.289. The number of amides is 1. The van der Waals surface area contributed by atoms with Crippen LogP contribution in [0.3, 0.4) is 0 Å². The summed E-state index contributed by atoms with van der Waals surface area (Å²) in [5.74, 6) is -0.342. The molecule has 0 aromatic heterocycles. The molecule has 0 heterocycles. The molecule has 1 aromatic carbocycles. The molecule has 1 amide bonds. The van der Waals surface area contributed by atoms with Crippen LogP contribution in [0.25, 0.3) is 0 Å². The van der Waals surface area contributed by atoms with E-state index in [4.69, 9.17) is 4.74 Å². The third-order valence-corrected chi connectivity index (χ3v) is 2.61. The summed E-state index contributed by atoms with van der Waals surface area (Å²) in [6.45, 7) is 1.92. The Kier molecular flexibility index (Phi) is 7.60. The number of alkyl halides is 1. The molecular formula is C13H17BrFNO2. The van der Waals surface area contributed by atoms with Crippen LogP contribution in [0.5, 0.6) is 0 Å². The van der Waals surface area contributed by atoms with E-state index in [1.54, 1.807) is 12.1 Å². The van der Waals surface area contributed by atoms with Gasteiger partial charge in [-0.15, -0.1) is 0 Å². The normalized spacial score (nSPS) is 10.3. The Morgan fingerprint density at radius 1 is 1.28 bits per heavy atom. The average molecular weight is 318 g/mol. The Labute approximate surface area is 115 Å². The second kappa shape index (κ2) is 9.05. The number of carbonyl (C=O) groups excluding carboxylic acids is 1. The summed E-state index contributed by atoms with van der Waals surface area (Å²) in [5.41, 5.74) is 0.810. The molecule has 0 aliphatic carbocycles. The number of carbonyl (C=O) groups is 1. The first-order valence-corrected chi connectivity index (χ1v) is 6.99. The highest BCUT2D eigenvalue weighted by Gasteiger charge is 2.02. The standard InChI is InChI=1S/C13H17BrFNO2/c14-6-9-18-8-1-7-16-13(17)10-11-2-4-12(15)5-3-11/h2-5H,1,6-10H2,(H,16,17). The van der Waals surface area contributed by atoms with E-state index in [9.17, 15) is 9.18 Å². The first kappa shape index (κ1) is 15.1. The van der Waals surface area contributed by atoms with Crippen molar-refractivity contribution in [2.45, 2.75) is 12.8 Å². The van der Waals surface area contributed by atoms with E-state index in [0.29, 0.717) is 19.8 Å². The molecule has 1 N–H and O–H groups in total. The number of hydrogen-bond acceptors (Lipinski definition) is 2. The number of halogens is 2. The predicted molar refractivity (Wildman–Crippen MR) is 72.3 cm³/mol. The lowest BCUT2D eigenvalue weighted by Crippen LogP contribution is -2.26. The van der Waals surface area contributed by atoms with Crippen LogP contribution in [-0.2, 0) is 16.0 Å². The van der Waals surface area contributed by atoms with Crippen LogP contribution in [0.15, 0.2) is 24.3 Å². The SMILES string of the molecule is O=C(Cc1ccc(F)cc1)NCCCOCCBr. The highest BCUT2D eigenvalue weighted by atomic mass is 79.9. The molecule has 0 spiro atoms. The first-order valence-electron chi connectivity index (χ1n) is 5.87. The number of benzene rings is 1. The largest absolute Gasteiger partial charge is 0.381 e. The number of hydrogen-bond donors (Lipinski definition) is 1. The van der Waals surface area contributed by atoms with Crippen LogP contribution < -0.4 is 5.32 Å². The van der Waals surface area contributed by atoms with Gasteiger partial charge in [-0.25, -0.2) is 4.39 Å². The van der Waals surface area contributed by atoms with E-state index in [1.165, 1.54) is 12.1 Å². The van der Waals surface area contributed by atoms with Crippen LogP contribution >= 0.6 is 15.9 Å². The average Bonchev–Trinajstić information content (AvgIpc) is 2.36. The molecule has 3 nitrogen and oxygen atoms in total. The molecule has 1 aromatic rings. The first-order chi connectivity index (χ1) is 8.72. The number of ether oxygens (including phenoxy) is 1. The zero-order valence-electron chi connectivity index (χ0n) is 10.1. The van der Waals surface area contributed by atoms with Gasteiger partial charge >= 0.3 is 0 Å². The smallest absolute Gasteiger partial charge is 0.224 e. The third-order valence-electron chi connectivity index (χ3n) is 2.29. The van der Waals surface area contributed by atoms with E-state index in [-0.39, 0.29) is 18.1 Å². The molecule has 0 fully saturated rings. The van der Waals surface area contributed by atoms with Crippen molar-refractivity contribution >= 4 is 21.8 Å². The molecule has 0 bridgehead atoms. The van der Waals surface area contributed by atoms with Crippen LogP contribution in [0.1, 0.15) is 12.0 Å². The maximum Gasteiger partial charge on any atom is 0.224 e. The van der Waals surface area contributed by atoms with Crippen molar-refractivity contribution in [1.29, 1.82) is 0 Å². The fourth-order valence-corrected chi connectivity index (χ4v) is 1.64. The number of rotatable bonds is 8. The Hall–Kier alpha value is -0.940. The lowest BCUT2D eigenvalue weighted by Gasteiger charge is -2.05. The molecule has 0 atom stereocenters. The molecule has 0 aliphatic rings. The molecule has 1 rings (SSSR count). The van der Waals surface area contributed by atoms with Gasteiger partial charge in [-0.2, -0.15) is 0 Å². The van der Waals surface area contributed by atoms with Gasteiger partial charge in [-0.1, -0.05) is 28.1 Å². The maximum atomic E-state index is 12.7. The van der Waals surface area contributed by atoms with E-state index >= 15 is 0 Å². The van der Waals surface area contributed by atoms with Gasteiger partial charge in [0.15, 0.2) is 0 Å². The summed E-state index contributed by atoms with van der Waals surface area (Å²) < 4.78 is 17.9. The van der Waals surface area contributed by atoms with Gasteiger partial charge in [-0.05, 0) is 24.1 Å². The molecule has 0 aliphatic heterocycles. The van der Waals surface area contributed by atoms with Crippen molar-refractivity contribution in [2.75, 3.05) is 25.1 Å². The van der Waals surface area contributed by atoms with Gasteiger partial charge in [0.2, 0.25) is 5.91 Å². The lowest BCUT2D eigenvalue weighted by molar-refractivity contribution is -0.120. The monoisotopic (exact) mass is 317 g/mol. The summed E-state index contributed by atoms with van der Waals surface area (Å²) in [4.78, 5) is 11.5.